The smallest absolute Gasteiger partial charge is 0.257 e. The van der Waals surface area contributed by atoms with Gasteiger partial charge in [-0.25, -0.2) is 0 Å². The first-order valence-electron chi connectivity index (χ1n) is 11.3. The molecule has 0 aliphatic rings. The van der Waals surface area contributed by atoms with Crippen molar-refractivity contribution in [2.75, 3.05) is 20.1 Å². The van der Waals surface area contributed by atoms with Gasteiger partial charge in [-0.05, 0) is 37.0 Å². The fourth-order valence-electron chi connectivity index (χ4n) is 3.58. The minimum absolute atomic E-state index is 0. The Bertz CT molecular complexity index is 1020. The summed E-state index contributed by atoms with van der Waals surface area (Å²) in [5, 5.41) is 12.0. The van der Waals surface area contributed by atoms with Crippen molar-refractivity contribution in [1.29, 1.82) is 0 Å². The molecule has 0 aliphatic carbocycles. The van der Waals surface area contributed by atoms with Crippen LogP contribution in [0.5, 0.6) is 0 Å². The van der Waals surface area contributed by atoms with Gasteiger partial charge >= 0.3 is 0 Å². The van der Waals surface area contributed by atoms with Gasteiger partial charge in [-0.2, -0.15) is 10.1 Å². The van der Waals surface area contributed by atoms with Crippen molar-refractivity contribution in [2.45, 2.75) is 53.0 Å². The third kappa shape index (κ3) is 7.28. The van der Waals surface area contributed by atoms with Gasteiger partial charge in [-0.3, -0.25) is 9.67 Å². The summed E-state index contributed by atoms with van der Waals surface area (Å²) in [7, 11) is 4.05. The van der Waals surface area contributed by atoms with E-state index in [4.69, 9.17) is 9.52 Å². The van der Waals surface area contributed by atoms with Crippen molar-refractivity contribution in [3.63, 3.8) is 0 Å². The van der Waals surface area contributed by atoms with Crippen LogP contribution >= 0.6 is 24.0 Å². The number of nitrogens with zero attached hydrogens (tertiary/aromatic N) is 6. The van der Waals surface area contributed by atoms with Crippen molar-refractivity contribution in [2.24, 2.45) is 12.0 Å². The van der Waals surface area contributed by atoms with Crippen molar-refractivity contribution >= 4 is 29.9 Å². The fraction of sp³-hybridized carbons (Fsp3) is 0.500. The van der Waals surface area contributed by atoms with Gasteiger partial charge in [-0.1, -0.05) is 38.1 Å². The Morgan fingerprint density at radius 3 is 2.55 bits per heavy atom. The third-order valence-corrected chi connectivity index (χ3v) is 5.24. The topological polar surface area (TPSA) is 84.4 Å². The average molecular weight is 566 g/mol. The standard InChI is InChI=1S/C24H35N7O.HI/c1-7-21-27-23(32-29-21)19-11-9-18(10-12-19)13-14-26-24(25-8-2)30(5)15-20-16-31(6)28-22(20)17(3)4;/h9-12,16-17H,7-8,13-15H2,1-6H3,(H,25,26);1H. The molecule has 0 bridgehead atoms. The van der Waals surface area contributed by atoms with E-state index < -0.39 is 0 Å². The van der Waals surface area contributed by atoms with Crippen LogP contribution in [0.1, 0.15) is 56.3 Å². The van der Waals surface area contributed by atoms with Gasteiger partial charge < -0.3 is 14.7 Å². The van der Waals surface area contributed by atoms with Gasteiger partial charge in [0, 0.05) is 57.5 Å². The minimum Gasteiger partial charge on any atom is -0.357 e. The first kappa shape index (κ1) is 26.8. The van der Waals surface area contributed by atoms with Crippen LogP contribution in [0.15, 0.2) is 40.0 Å². The van der Waals surface area contributed by atoms with Crippen molar-refractivity contribution in [3.8, 4) is 11.5 Å². The number of rotatable bonds is 9. The van der Waals surface area contributed by atoms with E-state index in [2.05, 4.69) is 71.6 Å². The average Bonchev–Trinajstić information content (AvgIpc) is 3.40. The third-order valence-electron chi connectivity index (χ3n) is 5.24. The molecule has 0 spiro atoms. The lowest BCUT2D eigenvalue weighted by molar-refractivity contribution is 0.423. The number of aryl methyl sites for hydroxylation is 2. The fourth-order valence-corrected chi connectivity index (χ4v) is 3.58. The molecule has 3 rings (SSSR count). The van der Waals surface area contributed by atoms with E-state index in [1.807, 2.05) is 30.8 Å². The van der Waals surface area contributed by atoms with Crippen LogP contribution in [0.2, 0.25) is 0 Å². The van der Waals surface area contributed by atoms with E-state index >= 15 is 0 Å². The van der Waals surface area contributed by atoms with Crippen LogP contribution in [-0.2, 0) is 26.4 Å². The summed E-state index contributed by atoms with van der Waals surface area (Å²) in [5.74, 6) is 2.59. The van der Waals surface area contributed by atoms with E-state index in [0.717, 1.165) is 49.0 Å². The molecule has 180 valence electrons. The summed E-state index contributed by atoms with van der Waals surface area (Å²) in [6.45, 7) is 10.8. The monoisotopic (exact) mass is 565 g/mol. The Balaban J connectivity index is 0.00000385. The predicted molar refractivity (Wildman–Crippen MR) is 143 cm³/mol. The molecular weight excluding hydrogens is 529 g/mol. The quantitative estimate of drug-likeness (QED) is 0.235. The first-order valence-corrected chi connectivity index (χ1v) is 11.3. The van der Waals surface area contributed by atoms with Gasteiger partial charge in [0.25, 0.3) is 5.89 Å². The molecule has 0 unspecified atom stereocenters. The Hall–Kier alpha value is -2.43. The minimum atomic E-state index is 0. The molecule has 1 aromatic carbocycles. The second kappa shape index (κ2) is 12.7. The summed E-state index contributed by atoms with van der Waals surface area (Å²) in [4.78, 5) is 11.4. The van der Waals surface area contributed by atoms with Crippen molar-refractivity contribution in [3.05, 3.63) is 53.1 Å². The van der Waals surface area contributed by atoms with E-state index in [1.54, 1.807) is 0 Å². The molecule has 0 saturated heterocycles. The lowest BCUT2D eigenvalue weighted by Gasteiger charge is -2.22. The zero-order valence-corrected chi connectivity index (χ0v) is 22.8. The number of guanidine groups is 1. The largest absolute Gasteiger partial charge is 0.357 e. The van der Waals surface area contributed by atoms with Gasteiger partial charge in [0.05, 0.1) is 5.69 Å². The number of halogens is 1. The summed E-state index contributed by atoms with van der Waals surface area (Å²) in [6.07, 6.45) is 3.72. The number of hydrogen-bond acceptors (Lipinski definition) is 5. The Labute approximate surface area is 213 Å². The number of nitrogens with one attached hydrogen (secondary N) is 1. The maximum Gasteiger partial charge on any atom is 0.257 e. The summed E-state index contributed by atoms with van der Waals surface area (Å²) >= 11 is 0. The van der Waals surface area contributed by atoms with Gasteiger partial charge in [0.2, 0.25) is 0 Å². The zero-order valence-electron chi connectivity index (χ0n) is 20.5. The van der Waals surface area contributed by atoms with E-state index in [-0.39, 0.29) is 24.0 Å². The zero-order chi connectivity index (χ0) is 23.1. The number of aliphatic imine (C=N–C) groups is 1. The first-order chi connectivity index (χ1) is 15.4. The number of hydrogen-bond donors (Lipinski definition) is 1. The van der Waals surface area contributed by atoms with Crippen LogP contribution < -0.4 is 5.32 Å². The highest BCUT2D eigenvalue weighted by Gasteiger charge is 2.15. The molecule has 0 atom stereocenters. The van der Waals surface area contributed by atoms with Crippen LogP contribution in [0.3, 0.4) is 0 Å². The predicted octanol–water partition coefficient (Wildman–Crippen LogP) is 4.41. The second-order valence-electron chi connectivity index (χ2n) is 8.28. The Morgan fingerprint density at radius 1 is 1.21 bits per heavy atom. The van der Waals surface area contributed by atoms with E-state index in [9.17, 15) is 0 Å². The lowest BCUT2D eigenvalue weighted by Crippen LogP contribution is -2.38. The molecule has 2 heterocycles. The summed E-state index contributed by atoms with van der Waals surface area (Å²) < 4.78 is 7.21. The molecule has 33 heavy (non-hydrogen) atoms. The second-order valence-corrected chi connectivity index (χ2v) is 8.28. The highest BCUT2D eigenvalue weighted by atomic mass is 127. The normalized spacial score (nSPS) is 11.5. The molecule has 9 heteroatoms. The van der Waals surface area contributed by atoms with Gasteiger partial charge in [0.15, 0.2) is 11.8 Å². The van der Waals surface area contributed by atoms with Gasteiger partial charge in [-0.15, -0.1) is 24.0 Å². The van der Waals surface area contributed by atoms with Gasteiger partial charge in [0.1, 0.15) is 0 Å². The summed E-state index contributed by atoms with van der Waals surface area (Å²) in [5.41, 5.74) is 4.54. The van der Waals surface area contributed by atoms with E-state index in [0.29, 0.717) is 18.4 Å². The number of aromatic nitrogens is 4. The van der Waals surface area contributed by atoms with Crippen LogP contribution in [0, 0.1) is 0 Å². The Kier molecular flexibility index (Phi) is 10.3. The molecule has 0 fully saturated rings. The molecular formula is C24H36IN7O. The van der Waals surface area contributed by atoms with Crippen molar-refractivity contribution < 1.29 is 4.52 Å². The molecule has 3 aromatic rings. The highest BCUT2D eigenvalue weighted by Crippen LogP contribution is 2.19. The Morgan fingerprint density at radius 2 is 1.94 bits per heavy atom. The molecule has 8 nitrogen and oxygen atoms in total. The summed E-state index contributed by atoms with van der Waals surface area (Å²) in [6, 6.07) is 8.25. The van der Waals surface area contributed by atoms with Crippen LogP contribution in [0.4, 0.5) is 0 Å². The maximum absolute atomic E-state index is 5.32. The van der Waals surface area contributed by atoms with E-state index in [1.165, 1.54) is 11.1 Å². The highest BCUT2D eigenvalue weighted by molar-refractivity contribution is 14.0. The van der Waals surface area contributed by atoms with Crippen LogP contribution in [0.25, 0.3) is 11.5 Å². The SMILES string of the molecule is CCNC(=NCCc1ccc(-c2nc(CC)no2)cc1)N(C)Cc1cn(C)nc1C(C)C.I. The lowest BCUT2D eigenvalue weighted by atomic mass is 10.1. The molecule has 0 amide bonds. The molecule has 1 N–H and O–H groups in total. The van der Waals surface area contributed by atoms with Crippen LogP contribution in [-0.4, -0.2) is 50.9 Å². The molecule has 0 saturated carbocycles. The molecule has 0 radical (unpaired) electrons. The number of benzene rings is 1. The van der Waals surface area contributed by atoms with Crippen molar-refractivity contribution in [1.82, 2.24) is 30.1 Å². The maximum atomic E-state index is 5.32. The molecule has 2 aromatic heterocycles. The molecule has 0 aliphatic heterocycles.